The number of hydrogen-bond donors (Lipinski definition) is 0. The zero-order valence-corrected chi connectivity index (χ0v) is 13.6. The topological polar surface area (TPSA) is 61.8 Å². The standard InChI is InChI=1S/C19H18O5/c1-3-22-19(21)24-18(20)12(2)13-8-9-17-15(10-13)11-14-6-4-5-7-16(14)23-17/h4-10,12H,3,11H2,1-2H3. The van der Waals surface area contributed by atoms with Crippen LogP contribution in [0.3, 0.4) is 0 Å². The van der Waals surface area contributed by atoms with E-state index in [-0.39, 0.29) is 6.61 Å². The van der Waals surface area contributed by atoms with Crippen LogP contribution < -0.4 is 4.74 Å². The Balaban J connectivity index is 1.77. The van der Waals surface area contributed by atoms with E-state index in [1.54, 1.807) is 13.8 Å². The molecule has 1 heterocycles. The SMILES string of the molecule is CCOC(=O)OC(=O)C(C)c1ccc2c(c1)Cc1ccccc1O2. The van der Waals surface area contributed by atoms with Crippen LogP contribution in [0.4, 0.5) is 4.79 Å². The van der Waals surface area contributed by atoms with Gasteiger partial charge in [0.05, 0.1) is 12.5 Å². The van der Waals surface area contributed by atoms with Gasteiger partial charge in [-0.2, -0.15) is 0 Å². The van der Waals surface area contributed by atoms with E-state index in [1.807, 2.05) is 42.5 Å². The molecule has 0 aliphatic carbocycles. The van der Waals surface area contributed by atoms with Gasteiger partial charge in [-0.1, -0.05) is 30.3 Å². The van der Waals surface area contributed by atoms with E-state index in [9.17, 15) is 9.59 Å². The van der Waals surface area contributed by atoms with Gasteiger partial charge in [-0.05, 0) is 42.7 Å². The average molecular weight is 326 g/mol. The van der Waals surface area contributed by atoms with Gasteiger partial charge in [0.25, 0.3) is 0 Å². The number of rotatable bonds is 3. The highest BCUT2D eigenvalue weighted by Crippen LogP contribution is 2.37. The lowest BCUT2D eigenvalue weighted by atomic mass is 9.94. The van der Waals surface area contributed by atoms with Gasteiger partial charge in [-0.3, -0.25) is 4.79 Å². The number of para-hydroxylation sites is 1. The molecule has 0 saturated carbocycles. The van der Waals surface area contributed by atoms with Crippen molar-refractivity contribution in [3.63, 3.8) is 0 Å². The zero-order valence-electron chi connectivity index (χ0n) is 13.6. The molecule has 0 saturated heterocycles. The molecule has 2 aromatic rings. The Morgan fingerprint density at radius 2 is 1.88 bits per heavy atom. The first kappa shape index (κ1) is 16.1. The Bertz CT molecular complexity index is 781. The summed E-state index contributed by atoms with van der Waals surface area (Å²) in [6, 6.07) is 13.4. The van der Waals surface area contributed by atoms with E-state index in [2.05, 4.69) is 9.47 Å². The molecule has 124 valence electrons. The summed E-state index contributed by atoms with van der Waals surface area (Å²) in [7, 11) is 0. The largest absolute Gasteiger partial charge is 0.516 e. The molecule has 0 aromatic heterocycles. The van der Waals surface area contributed by atoms with Gasteiger partial charge >= 0.3 is 12.1 Å². The van der Waals surface area contributed by atoms with Crippen LogP contribution in [0.2, 0.25) is 0 Å². The Kier molecular flexibility index (Phi) is 4.51. The van der Waals surface area contributed by atoms with E-state index >= 15 is 0 Å². The van der Waals surface area contributed by atoms with Gasteiger partial charge in [0.1, 0.15) is 11.5 Å². The summed E-state index contributed by atoms with van der Waals surface area (Å²) in [5.41, 5.74) is 2.87. The molecule has 5 nitrogen and oxygen atoms in total. The molecule has 0 bridgehead atoms. The Hall–Kier alpha value is -2.82. The van der Waals surface area contributed by atoms with Crippen LogP contribution >= 0.6 is 0 Å². The molecule has 0 radical (unpaired) electrons. The molecule has 1 aliphatic rings. The highest BCUT2D eigenvalue weighted by molar-refractivity contribution is 5.86. The summed E-state index contributed by atoms with van der Waals surface area (Å²) in [4.78, 5) is 23.3. The second-order valence-electron chi connectivity index (χ2n) is 5.58. The smallest absolute Gasteiger partial charge is 0.457 e. The second kappa shape index (κ2) is 6.74. The van der Waals surface area contributed by atoms with Crippen LogP contribution in [-0.2, 0) is 20.7 Å². The van der Waals surface area contributed by atoms with Gasteiger partial charge in [0.15, 0.2) is 0 Å². The van der Waals surface area contributed by atoms with Crippen molar-refractivity contribution in [1.29, 1.82) is 0 Å². The lowest BCUT2D eigenvalue weighted by molar-refractivity contribution is -0.141. The number of benzene rings is 2. The molecule has 0 fully saturated rings. The minimum Gasteiger partial charge on any atom is -0.457 e. The van der Waals surface area contributed by atoms with Crippen LogP contribution in [0.5, 0.6) is 11.5 Å². The third-order valence-corrected chi connectivity index (χ3v) is 3.96. The van der Waals surface area contributed by atoms with Crippen LogP contribution in [0.15, 0.2) is 42.5 Å². The number of hydrogen-bond acceptors (Lipinski definition) is 5. The molecule has 0 spiro atoms. The zero-order chi connectivity index (χ0) is 17.1. The highest BCUT2D eigenvalue weighted by atomic mass is 16.7. The second-order valence-corrected chi connectivity index (χ2v) is 5.58. The fourth-order valence-electron chi connectivity index (χ4n) is 2.63. The fraction of sp³-hybridized carbons (Fsp3) is 0.263. The number of fused-ring (bicyclic) bond motifs is 2. The predicted molar refractivity (Wildman–Crippen MR) is 87.3 cm³/mol. The van der Waals surface area contributed by atoms with Gasteiger partial charge < -0.3 is 14.2 Å². The van der Waals surface area contributed by atoms with E-state index < -0.39 is 18.0 Å². The molecule has 0 amide bonds. The molecule has 1 atom stereocenters. The Morgan fingerprint density at radius 1 is 1.12 bits per heavy atom. The summed E-state index contributed by atoms with van der Waals surface area (Å²) < 4.78 is 15.2. The lowest BCUT2D eigenvalue weighted by Crippen LogP contribution is -2.19. The summed E-state index contributed by atoms with van der Waals surface area (Å²) in [5, 5.41) is 0. The maximum absolute atomic E-state index is 12.0. The van der Waals surface area contributed by atoms with Crippen LogP contribution in [0.25, 0.3) is 0 Å². The third kappa shape index (κ3) is 3.25. The van der Waals surface area contributed by atoms with Crippen LogP contribution in [0, 0.1) is 0 Å². The number of carbonyl (C=O) groups excluding carboxylic acids is 2. The van der Waals surface area contributed by atoms with Crippen molar-refractivity contribution in [1.82, 2.24) is 0 Å². The molecule has 0 N–H and O–H groups in total. The molecule has 1 aliphatic heterocycles. The third-order valence-electron chi connectivity index (χ3n) is 3.96. The predicted octanol–water partition coefficient (Wildman–Crippen LogP) is 4.19. The van der Waals surface area contributed by atoms with Gasteiger partial charge in [0.2, 0.25) is 0 Å². The first-order valence-corrected chi connectivity index (χ1v) is 7.85. The Morgan fingerprint density at radius 3 is 2.67 bits per heavy atom. The van der Waals surface area contributed by atoms with Crippen molar-refractivity contribution < 1.29 is 23.8 Å². The van der Waals surface area contributed by atoms with E-state index in [0.717, 1.165) is 34.6 Å². The minimum atomic E-state index is -0.968. The number of ether oxygens (including phenoxy) is 3. The summed E-state index contributed by atoms with van der Waals surface area (Å²) in [5.74, 6) is 0.429. The normalized spacial score (nSPS) is 13.1. The van der Waals surface area contributed by atoms with Crippen LogP contribution in [-0.4, -0.2) is 18.7 Å². The molecule has 5 heteroatoms. The number of esters is 1. The van der Waals surface area contributed by atoms with Crippen LogP contribution in [0.1, 0.15) is 36.5 Å². The molecule has 3 rings (SSSR count). The van der Waals surface area contributed by atoms with E-state index in [0.29, 0.717) is 0 Å². The first-order valence-electron chi connectivity index (χ1n) is 7.85. The Labute approximate surface area is 140 Å². The van der Waals surface area contributed by atoms with E-state index in [4.69, 9.17) is 4.74 Å². The van der Waals surface area contributed by atoms with Crippen molar-refractivity contribution in [3.8, 4) is 11.5 Å². The van der Waals surface area contributed by atoms with Gasteiger partial charge in [0, 0.05) is 6.42 Å². The van der Waals surface area contributed by atoms with Crippen molar-refractivity contribution in [2.24, 2.45) is 0 Å². The summed E-state index contributed by atoms with van der Waals surface area (Å²) >= 11 is 0. The summed E-state index contributed by atoms with van der Waals surface area (Å²) in [6.07, 6.45) is -0.233. The maximum Gasteiger partial charge on any atom is 0.516 e. The van der Waals surface area contributed by atoms with Crippen molar-refractivity contribution in [2.75, 3.05) is 6.61 Å². The number of carbonyl (C=O) groups is 2. The monoisotopic (exact) mass is 326 g/mol. The highest BCUT2D eigenvalue weighted by Gasteiger charge is 2.23. The molecule has 24 heavy (non-hydrogen) atoms. The molecular formula is C19H18O5. The summed E-state index contributed by atoms with van der Waals surface area (Å²) in [6.45, 7) is 3.51. The van der Waals surface area contributed by atoms with Crippen molar-refractivity contribution >= 4 is 12.1 Å². The fourth-order valence-corrected chi connectivity index (χ4v) is 2.63. The minimum absolute atomic E-state index is 0.163. The molecule has 2 aromatic carbocycles. The molecular weight excluding hydrogens is 308 g/mol. The quantitative estimate of drug-likeness (QED) is 0.533. The maximum atomic E-state index is 12.0. The van der Waals surface area contributed by atoms with Gasteiger partial charge in [-0.25, -0.2) is 4.79 Å². The molecule has 1 unspecified atom stereocenters. The first-order chi connectivity index (χ1) is 11.6. The van der Waals surface area contributed by atoms with Crippen molar-refractivity contribution in [2.45, 2.75) is 26.2 Å². The van der Waals surface area contributed by atoms with Crippen molar-refractivity contribution in [3.05, 3.63) is 59.2 Å². The lowest BCUT2D eigenvalue weighted by Gasteiger charge is -2.21. The average Bonchev–Trinajstić information content (AvgIpc) is 2.58. The van der Waals surface area contributed by atoms with E-state index in [1.165, 1.54) is 0 Å². The van der Waals surface area contributed by atoms with Gasteiger partial charge in [-0.15, -0.1) is 0 Å².